The molecule has 0 radical (unpaired) electrons. The zero-order chi connectivity index (χ0) is 15.9. The van der Waals surface area contributed by atoms with Crippen molar-refractivity contribution in [1.29, 1.82) is 0 Å². The van der Waals surface area contributed by atoms with Crippen LogP contribution in [0.3, 0.4) is 0 Å². The average molecular weight is 292 g/mol. The third-order valence-corrected chi connectivity index (χ3v) is 2.75. The zero-order valence-corrected chi connectivity index (χ0v) is 11.5. The van der Waals surface area contributed by atoms with Gasteiger partial charge in [0.25, 0.3) is 0 Å². The van der Waals surface area contributed by atoms with E-state index < -0.39 is 5.97 Å². The van der Waals surface area contributed by atoms with Crippen LogP contribution in [0.4, 0.5) is 0 Å². The highest BCUT2D eigenvalue weighted by Gasteiger charge is 2.08. The smallest absolute Gasteiger partial charge is 0.339 e. The van der Waals surface area contributed by atoms with E-state index in [9.17, 15) is 9.90 Å². The first-order chi connectivity index (χ1) is 10.6. The molecule has 0 aliphatic heterocycles. The number of aromatic hydroxyl groups is 1. The number of aromatic carboxylic acids is 1. The highest BCUT2D eigenvalue weighted by Crippen LogP contribution is 2.18. The number of benzene rings is 2. The number of carboxylic acid groups (broad SMARTS) is 1. The summed E-state index contributed by atoms with van der Waals surface area (Å²) in [6.07, 6.45) is 0. The third kappa shape index (κ3) is 3.89. The first-order valence-electron chi connectivity index (χ1n) is 6.38. The molecule has 0 fully saturated rings. The lowest BCUT2D eigenvalue weighted by molar-refractivity contribution is 0.0693. The molecule has 0 aromatic heterocycles. The minimum Gasteiger partial charge on any atom is -0.507 e. The van der Waals surface area contributed by atoms with E-state index in [0.717, 1.165) is 11.1 Å². The number of hydrogen-bond acceptors (Lipinski definition) is 3. The first-order valence-corrected chi connectivity index (χ1v) is 6.38. The van der Waals surface area contributed by atoms with Gasteiger partial charge in [-0.2, -0.15) is 0 Å². The van der Waals surface area contributed by atoms with Crippen LogP contribution < -0.4 is 0 Å². The van der Waals surface area contributed by atoms with Gasteiger partial charge in [0.2, 0.25) is 0 Å². The molecule has 0 unspecified atom stereocenters. The summed E-state index contributed by atoms with van der Waals surface area (Å²) in [5, 5.41) is 27.1. The lowest BCUT2D eigenvalue weighted by Crippen LogP contribution is -1.97. The second-order valence-electron chi connectivity index (χ2n) is 4.33. The van der Waals surface area contributed by atoms with Gasteiger partial charge in [-0.3, -0.25) is 0 Å². The van der Waals surface area contributed by atoms with Gasteiger partial charge in [-0.15, -0.1) is 0 Å². The molecule has 2 rings (SSSR count). The van der Waals surface area contributed by atoms with Crippen LogP contribution in [0.25, 0.3) is 0 Å². The van der Waals surface area contributed by atoms with Crippen molar-refractivity contribution in [2.75, 3.05) is 6.61 Å². The molecule has 0 spiro atoms. The van der Waals surface area contributed by atoms with E-state index in [1.807, 2.05) is 0 Å². The monoisotopic (exact) mass is 292 g/mol. The molecule has 0 saturated heterocycles. The Kier molecular flexibility index (Phi) is 4.82. The summed E-state index contributed by atoms with van der Waals surface area (Å²) in [4.78, 5) is 10.9. The summed E-state index contributed by atoms with van der Waals surface area (Å²) in [5.74, 6) is 9.60. The number of carbonyl (C=O) groups is 1. The summed E-state index contributed by atoms with van der Waals surface area (Å²) in [6, 6.07) is 11.3. The Morgan fingerprint density at radius 3 is 2.23 bits per heavy atom. The van der Waals surface area contributed by atoms with Gasteiger partial charge in [0.1, 0.15) is 17.9 Å². The average Bonchev–Trinajstić information content (AvgIpc) is 2.52. The number of carboxylic acids is 1. The van der Waals surface area contributed by atoms with Crippen LogP contribution in [0.5, 0.6) is 5.75 Å². The fraction of sp³-hybridized carbons (Fsp3) is 0.0556. The molecule has 108 valence electrons. The van der Waals surface area contributed by atoms with Gasteiger partial charge < -0.3 is 15.3 Å². The van der Waals surface area contributed by atoms with Gasteiger partial charge in [-0.05, 0) is 36.4 Å². The van der Waals surface area contributed by atoms with Gasteiger partial charge in [0.05, 0.1) is 0 Å². The van der Waals surface area contributed by atoms with Crippen LogP contribution in [-0.2, 0) is 0 Å². The standard InChI is InChI=1S/C18H12O4/c19-10-2-5-13-3-1-4-14(11-13)6-7-15-8-9-17(20)16(12-15)18(21)22/h1,3-4,8-9,11-12,19-20H,10H2,(H,21,22). The van der Waals surface area contributed by atoms with Crippen molar-refractivity contribution >= 4 is 5.97 Å². The molecule has 0 bridgehead atoms. The summed E-state index contributed by atoms with van der Waals surface area (Å²) >= 11 is 0. The summed E-state index contributed by atoms with van der Waals surface area (Å²) in [6.45, 7) is -0.207. The first kappa shape index (κ1) is 15.2. The molecular formula is C18H12O4. The Morgan fingerprint density at radius 2 is 1.59 bits per heavy atom. The molecule has 0 aliphatic rings. The fourth-order valence-electron chi connectivity index (χ4n) is 1.75. The number of aliphatic hydroxyl groups is 1. The Labute approximate surface area is 127 Å². The van der Waals surface area contributed by atoms with Crippen LogP contribution in [-0.4, -0.2) is 27.9 Å². The maximum Gasteiger partial charge on any atom is 0.339 e. The Balaban J connectivity index is 2.31. The molecule has 0 atom stereocenters. The quantitative estimate of drug-likeness (QED) is 0.701. The molecule has 4 heteroatoms. The highest BCUT2D eigenvalue weighted by atomic mass is 16.4. The topological polar surface area (TPSA) is 77.8 Å². The van der Waals surface area contributed by atoms with Gasteiger partial charge in [-0.1, -0.05) is 29.7 Å². The molecule has 2 aromatic carbocycles. The van der Waals surface area contributed by atoms with Crippen molar-refractivity contribution in [3.05, 3.63) is 64.7 Å². The summed E-state index contributed by atoms with van der Waals surface area (Å²) in [5.41, 5.74) is 1.75. The van der Waals surface area contributed by atoms with E-state index in [0.29, 0.717) is 5.56 Å². The van der Waals surface area contributed by atoms with Crippen molar-refractivity contribution in [2.45, 2.75) is 0 Å². The van der Waals surface area contributed by atoms with Gasteiger partial charge in [0, 0.05) is 16.7 Å². The minimum atomic E-state index is -1.21. The highest BCUT2D eigenvalue weighted by molar-refractivity contribution is 5.91. The fourth-order valence-corrected chi connectivity index (χ4v) is 1.75. The molecule has 22 heavy (non-hydrogen) atoms. The maximum atomic E-state index is 10.9. The van der Waals surface area contributed by atoms with Crippen molar-refractivity contribution < 1.29 is 20.1 Å². The Bertz CT molecular complexity index is 829. The Morgan fingerprint density at radius 1 is 0.955 bits per heavy atom. The molecule has 0 amide bonds. The summed E-state index contributed by atoms with van der Waals surface area (Å²) < 4.78 is 0. The number of aliphatic hydroxyl groups excluding tert-OH is 1. The third-order valence-electron chi connectivity index (χ3n) is 2.75. The molecule has 2 aromatic rings. The van der Waals surface area contributed by atoms with Crippen LogP contribution in [0, 0.1) is 23.7 Å². The van der Waals surface area contributed by atoms with Crippen molar-refractivity contribution in [2.24, 2.45) is 0 Å². The second-order valence-corrected chi connectivity index (χ2v) is 4.33. The van der Waals surface area contributed by atoms with Crippen LogP contribution in [0.2, 0.25) is 0 Å². The summed E-state index contributed by atoms with van der Waals surface area (Å²) in [7, 11) is 0. The van der Waals surface area contributed by atoms with E-state index in [1.165, 1.54) is 12.1 Å². The Hall–Kier alpha value is -3.21. The lowest BCUT2D eigenvalue weighted by atomic mass is 10.1. The SMILES string of the molecule is O=C(O)c1cc(C#Cc2cccc(C#CCO)c2)ccc1O. The number of hydrogen-bond donors (Lipinski definition) is 3. The van der Waals surface area contributed by atoms with Gasteiger partial charge in [0.15, 0.2) is 0 Å². The van der Waals surface area contributed by atoms with Crippen LogP contribution in [0.1, 0.15) is 27.0 Å². The van der Waals surface area contributed by atoms with Gasteiger partial charge in [-0.25, -0.2) is 4.79 Å². The van der Waals surface area contributed by atoms with E-state index in [4.69, 9.17) is 10.2 Å². The van der Waals surface area contributed by atoms with Crippen molar-refractivity contribution in [1.82, 2.24) is 0 Å². The number of phenols is 1. The lowest BCUT2D eigenvalue weighted by Gasteiger charge is -1.99. The van der Waals surface area contributed by atoms with E-state index in [-0.39, 0.29) is 17.9 Å². The minimum absolute atomic E-state index is 0.186. The molecule has 0 saturated carbocycles. The van der Waals surface area contributed by atoms with E-state index in [2.05, 4.69) is 23.7 Å². The predicted molar refractivity (Wildman–Crippen MR) is 81.5 cm³/mol. The van der Waals surface area contributed by atoms with Crippen molar-refractivity contribution in [3.8, 4) is 29.4 Å². The molecule has 4 nitrogen and oxygen atoms in total. The predicted octanol–water partition coefficient (Wildman–Crippen LogP) is 1.83. The normalized spacial score (nSPS) is 9.14. The maximum absolute atomic E-state index is 10.9. The second kappa shape index (κ2) is 6.99. The largest absolute Gasteiger partial charge is 0.507 e. The zero-order valence-electron chi connectivity index (χ0n) is 11.5. The van der Waals surface area contributed by atoms with Crippen molar-refractivity contribution in [3.63, 3.8) is 0 Å². The van der Waals surface area contributed by atoms with Gasteiger partial charge >= 0.3 is 5.97 Å². The van der Waals surface area contributed by atoms with Crippen LogP contribution in [0.15, 0.2) is 42.5 Å². The van der Waals surface area contributed by atoms with Crippen LogP contribution >= 0.6 is 0 Å². The molecule has 3 N–H and O–H groups in total. The van der Waals surface area contributed by atoms with E-state index in [1.54, 1.807) is 30.3 Å². The molecule has 0 heterocycles. The molecule has 0 aliphatic carbocycles. The van der Waals surface area contributed by atoms with E-state index >= 15 is 0 Å². The number of rotatable bonds is 1. The molecular weight excluding hydrogens is 280 g/mol.